The van der Waals surface area contributed by atoms with Gasteiger partial charge in [-0.1, -0.05) is 24.3 Å². The maximum Gasteiger partial charge on any atom is 0.337 e. The van der Waals surface area contributed by atoms with E-state index in [1.165, 1.54) is 18.2 Å². The van der Waals surface area contributed by atoms with Gasteiger partial charge in [-0.25, -0.2) is 4.79 Å². The molecule has 26 heavy (non-hydrogen) atoms. The second-order valence-electron chi connectivity index (χ2n) is 5.72. The van der Waals surface area contributed by atoms with Crippen LogP contribution in [0.5, 0.6) is 0 Å². The lowest BCUT2D eigenvalue weighted by atomic mass is 10.0. The molecule has 7 nitrogen and oxygen atoms in total. The molecular weight excluding hydrogens is 334 g/mol. The molecule has 0 fully saturated rings. The molecule has 7 heteroatoms. The zero-order valence-electron chi connectivity index (χ0n) is 14.3. The number of nitrogens with one attached hydrogen (secondary N) is 1. The van der Waals surface area contributed by atoms with Crippen molar-refractivity contribution < 1.29 is 19.1 Å². The molecule has 3 rings (SSSR count). The number of carbonyl (C=O) groups excluding carboxylic acids is 3. The number of rotatable bonds is 4. The predicted molar refractivity (Wildman–Crippen MR) is 96.9 cm³/mol. The van der Waals surface area contributed by atoms with E-state index in [4.69, 9.17) is 0 Å². The molecule has 1 atom stereocenters. The minimum atomic E-state index is -1.02. The molecule has 0 aliphatic carbocycles. The summed E-state index contributed by atoms with van der Waals surface area (Å²) in [6, 6.07) is 15.2. The standard InChI is InChI=1S/C19H17N3O4/c1-12-16(18(24)22(21-12)15-9-4-3-5-10-15)17(23)20-14-8-6-7-13(11-14)19(25)26-2/h3-11,16H,1-2H3,(H,20,23). The van der Waals surface area contributed by atoms with Crippen molar-refractivity contribution in [1.82, 2.24) is 0 Å². The normalized spacial score (nSPS) is 16.2. The summed E-state index contributed by atoms with van der Waals surface area (Å²) in [6.07, 6.45) is 0. The quantitative estimate of drug-likeness (QED) is 0.677. The van der Waals surface area contributed by atoms with E-state index in [9.17, 15) is 14.4 Å². The summed E-state index contributed by atoms with van der Waals surface area (Å²) in [7, 11) is 1.28. The van der Waals surface area contributed by atoms with E-state index in [0.29, 0.717) is 22.6 Å². The Kier molecular flexibility index (Phi) is 4.79. The van der Waals surface area contributed by atoms with Gasteiger partial charge in [0.2, 0.25) is 5.91 Å². The van der Waals surface area contributed by atoms with E-state index in [0.717, 1.165) is 0 Å². The molecule has 0 bridgehead atoms. The number of amides is 2. The molecule has 1 aliphatic heterocycles. The van der Waals surface area contributed by atoms with Gasteiger partial charge in [0.15, 0.2) is 5.92 Å². The van der Waals surface area contributed by atoms with Gasteiger partial charge in [0.05, 0.1) is 24.1 Å². The first-order chi connectivity index (χ1) is 12.5. The number of methoxy groups -OCH3 is 1. The van der Waals surface area contributed by atoms with Crippen LogP contribution in [0, 0.1) is 5.92 Å². The van der Waals surface area contributed by atoms with Crippen LogP contribution in [0.1, 0.15) is 17.3 Å². The van der Waals surface area contributed by atoms with Gasteiger partial charge in [-0.3, -0.25) is 9.59 Å². The highest BCUT2D eigenvalue weighted by atomic mass is 16.5. The van der Waals surface area contributed by atoms with Gasteiger partial charge in [0, 0.05) is 5.69 Å². The van der Waals surface area contributed by atoms with Crippen LogP contribution in [-0.2, 0) is 14.3 Å². The minimum Gasteiger partial charge on any atom is -0.465 e. The van der Waals surface area contributed by atoms with Crippen molar-refractivity contribution in [1.29, 1.82) is 0 Å². The zero-order chi connectivity index (χ0) is 18.7. The first-order valence-corrected chi connectivity index (χ1v) is 7.94. The van der Waals surface area contributed by atoms with Crippen molar-refractivity contribution in [3.05, 3.63) is 60.2 Å². The molecule has 2 amide bonds. The van der Waals surface area contributed by atoms with Gasteiger partial charge in [-0.05, 0) is 37.3 Å². The fraction of sp³-hybridized carbons (Fsp3) is 0.158. The van der Waals surface area contributed by atoms with Crippen molar-refractivity contribution in [2.24, 2.45) is 11.0 Å². The second-order valence-corrected chi connectivity index (χ2v) is 5.72. The number of hydrazone groups is 1. The molecule has 0 radical (unpaired) electrons. The molecule has 0 saturated carbocycles. The topological polar surface area (TPSA) is 88.1 Å². The van der Waals surface area contributed by atoms with Crippen LogP contribution in [0.15, 0.2) is 59.7 Å². The number of benzene rings is 2. The Morgan fingerprint density at radius 3 is 2.54 bits per heavy atom. The Bertz CT molecular complexity index is 893. The molecule has 2 aromatic carbocycles. The lowest BCUT2D eigenvalue weighted by Gasteiger charge is -2.14. The van der Waals surface area contributed by atoms with Gasteiger partial charge in [-0.15, -0.1) is 0 Å². The second kappa shape index (κ2) is 7.18. The molecule has 0 saturated heterocycles. The number of carbonyl (C=O) groups is 3. The van der Waals surface area contributed by atoms with Crippen LogP contribution in [0.3, 0.4) is 0 Å². The Morgan fingerprint density at radius 2 is 1.85 bits per heavy atom. The van der Waals surface area contributed by atoms with Crippen LogP contribution in [0.25, 0.3) is 0 Å². The van der Waals surface area contributed by atoms with Crippen molar-refractivity contribution in [3.8, 4) is 0 Å². The van der Waals surface area contributed by atoms with Gasteiger partial charge < -0.3 is 10.1 Å². The van der Waals surface area contributed by atoms with Crippen molar-refractivity contribution in [3.63, 3.8) is 0 Å². The average molecular weight is 351 g/mol. The number of anilines is 2. The van der Waals surface area contributed by atoms with Crippen LogP contribution in [0.2, 0.25) is 0 Å². The zero-order valence-corrected chi connectivity index (χ0v) is 14.3. The summed E-state index contributed by atoms with van der Waals surface area (Å²) >= 11 is 0. The smallest absolute Gasteiger partial charge is 0.337 e. The predicted octanol–water partition coefficient (Wildman–Crippen LogP) is 2.45. The van der Waals surface area contributed by atoms with Gasteiger partial charge >= 0.3 is 5.97 Å². The van der Waals surface area contributed by atoms with Gasteiger partial charge in [0.25, 0.3) is 5.91 Å². The highest BCUT2D eigenvalue weighted by Gasteiger charge is 2.39. The lowest BCUT2D eigenvalue weighted by molar-refractivity contribution is -0.127. The molecule has 1 heterocycles. The molecule has 2 aromatic rings. The lowest BCUT2D eigenvalue weighted by Crippen LogP contribution is -2.36. The molecule has 0 aromatic heterocycles. The summed E-state index contributed by atoms with van der Waals surface area (Å²) in [4.78, 5) is 36.9. The van der Waals surface area contributed by atoms with Crippen molar-refractivity contribution in [2.75, 3.05) is 17.4 Å². The number of nitrogens with zero attached hydrogens (tertiary/aromatic N) is 2. The fourth-order valence-corrected chi connectivity index (χ4v) is 2.68. The van der Waals surface area contributed by atoms with Crippen molar-refractivity contribution >= 4 is 34.9 Å². The Labute approximate surface area is 150 Å². The third-order valence-corrected chi connectivity index (χ3v) is 3.95. The number of hydrogen-bond donors (Lipinski definition) is 1. The van der Waals surface area contributed by atoms with Crippen LogP contribution < -0.4 is 10.3 Å². The van der Waals surface area contributed by atoms with Crippen molar-refractivity contribution in [2.45, 2.75) is 6.92 Å². The van der Waals surface area contributed by atoms with E-state index in [1.807, 2.05) is 6.07 Å². The third-order valence-electron chi connectivity index (χ3n) is 3.95. The first kappa shape index (κ1) is 17.3. The summed E-state index contributed by atoms with van der Waals surface area (Å²) in [5.74, 6) is -2.45. The number of hydrogen-bond acceptors (Lipinski definition) is 5. The third kappa shape index (κ3) is 3.32. The Balaban J connectivity index is 1.78. The molecule has 1 N–H and O–H groups in total. The minimum absolute atomic E-state index is 0.305. The van der Waals surface area contributed by atoms with E-state index in [-0.39, 0.29) is 0 Å². The summed E-state index contributed by atoms with van der Waals surface area (Å²) in [6.45, 7) is 1.63. The molecule has 1 unspecified atom stereocenters. The SMILES string of the molecule is COC(=O)c1cccc(NC(=O)C2C(=O)N(c3ccccc3)N=C2C)c1. The van der Waals surface area contributed by atoms with Crippen LogP contribution >= 0.6 is 0 Å². The number of ether oxygens (including phenoxy) is 1. The van der Waals surface area contributed by atoms with Gasteiger partial charge in [0.1, 0.15) is 0 Å². The maximum atomic E-state index is 12.6. The van der Waals surface area contributed by atoms with Crippen LogP contribution in [0.4, 0.5) is 11.4 Å². The van der Waals surface area contributed by atoms with Crippen LogP contribution in [-0.4, -0.2) is 30.6 Å². The molecule has 0 spiro atoms. The highest BCUT2D eigenvalue weighted by Crippen LogP contribution is 2.24. The highest BCUT2D eigenvalue weighted by molar-refractivity contribution is 6.28. The van der Waals surface area contributed by atoms with E-state index in [2.05, 4.69) is 15.2 Å². The molecule has 132 valence electrons. The Morgan fingerprint density at radius 1 is 1.12 bits per heavy atom. The summed E-state index contributed by atoms with van der Waals surface area (Å²) in [5, 5.41) is 8.10. The molecular formula is C19H17N3O4. The molecule has 1 aliphatic rings. The Hall–Kier alpha value is -3.48. The largest absolute Gasteiger partial charge is 0.465 e. The van der Waals surface area contributed by atoms with E-state index >= 15 is 0 Å². The summed E-state index contributed by atoms with van der Waals surface area (Å²) in [5.41, 5.74) is 1.70. The fourth-order valence-electron chi connectivity index (χ4n) is 2.68. The summed E-state index contributed by atoms with van der Waals surface area (Å²) < 4.78 is 4.66. The number of esters is 1. The maximum absolute atomic E-state index is 12.6. The average Bonchev–Trinajstić information content (AvgIpc) is 2.96. The first-order valence-electron chi connectivity index (χ1n) is 7.94. The van der Waals surface area contributed by atoms with E-state index in [1.54, 1.807) is 49.4 Å². The monoisotopic (exact) mass is 351 g/mol. The van der Waals surface area contributed by atoms with E-state index < -0.39 is 23.7 Å². The van der Waals surface area contributed by atoms with Gasteiger partial charge in [-0.2, -0.15) is 10.1 Å². The number of para-hydroxylation sites is 1.